The summed E-state index contributed by atoms with van der Waals surface area (Å²) >= 11 is 0. The minimum absolute atomic E-state index is 0.148. The number of carbonyl (C=O) groups is 1. The average Bonchev–Trinajstić information content (AvgIpc) is 2.53. The van der Waals surface area contributed by atoms with Crippen LogP contribution in [0.2, 0.25) is 0 Å². The zero-order valence-corrected chi connectivity index (χ0v) is 14.5. The Hall–Kier alpha value is -1.44. The first-order chi connectivity index (χ1) is 10.6. The number of rotatable bonds is 5. The molecule has 1 aliphatic carbocycles. The number of carbonyl (C=O) groups excluding carboxylic acids is 1. The molecule has 0 bridgehead atoms. The van der Waals surface area contributed by atoms with Crippen LogP contribution in [0.15, 0.2) is 17.1 Å². The maximum Gasteiger partial charge on any atom is 0.160 e. The molecule has 1 aromatic carbocycles. The van der Waals surface area contributed by atoms with Gasteiger partial charge in [0.2, 0.25) is 0 Å². The summed E-state index contributed by atoms with van der Waals surface area (Å²) in [5.74, 6) is 0.911. The molecule has 1 aromatic rings. The van der Waals surface area contributed by atoms with Crippen molar-refractivity contribution in [1.82, 2.24) is 0 Å². The molecule has 0 unspecified atom stereocenters. The summed E-state index contributed by atoms with van der Waals surface area (Å²) in [5, 5.41) is 0. The van der Waals surface area contributed by atoms with Gasteiger partial charge in [-0.2, -0.15) is 0 Å². The van der Waals surface area contributed by atoms with Crippen LogP contribution in [0.5, 0.6) is 0 Å². The molecule has 0 aliphatic heterocycles. The zero-order valence-electron chi connectivity index (χ0n) is 14.5. The van der Waals surface area contributed by atoms with Crippen LogP contribution in [-0.2, 0) is 6.42 Å². The van der Waals surface area contributed by atoms with Crippen LogP contribution in [0.3, 0.4) is 0 Å². The van der Waals surface area contributed by atoms with Crippen LogP contribution >= 0.6 is 0 Å². The Morgan fingerprint density at radius 3 is 2.41 bits per heavy atom. The van der Waals surface area contributed by atoms with Crippen molar-refractivity contribution in [1.29, 1.82) is 0 Å². The van der Waals surface area contributed by atoms with Crippen molar-refractivity contribution in [3.8, 4) is 0 Å². The van der Waals surface area contributed by atoms with E-state index in [0.29, 0.717) is 0 Å². The van der Waals surface area contributed by atoms with E-state index in [0.717, 1.165) is 29.9 Å². The Bertz CT molecular complexity index is 565. The normalized spacial score (nSPS) is 16.8. The molecule has 0 spiro atoms. The van der Waals surface area contributed by atoms with Crippen molar-refractivity contribution in [2.75, 3.05) is 7.05 Å². The van der Waals surface area contributed by atoms with Crippen molar-refractivity contribution in [2.24, 2.45) is 10.9 Å². The Kier molecular flexibility index (Phi) is 5.93. The van der Waals surface area contributed by atoms with Crippen LogP contribution in [0.4, 0.5) is 0 Å². The first-order valence-corrected chi connectivity index (χ1v) is 8.67. The fraction of sp³-hybridized carbons (Fsp3) is 0.600. The molecule has 120 valence electrons. The molecule has 2 heteroatoms. The van der Waals surface area contributed by atoms with Gasteiger partial charge in [-0.3, -0.25) is 9.79 Å². The van der Waals surface area contributed by atoms with Crippen molar-refractivity contribution in [2.45, 2.75) is 65.7 Å². The lowest BCUT2D eigenvalue weighted by atomic mass is 9.83. The van der Waals surface area contributed by atoms with Crippen LogP contribution in [0, 0.1) is 12.8 Å². The van der Waals surface area contributed by atoms with Gasteiger partial charge in [-0.1, -0.05) is 45.1 Å². The molecule has 0 saturated heterocycles. The highest BCUT2D eigenvalue weighted by molar-refractivity contribution is 6.05. The van der Waals surface area contributed by atoms with E-state index >= 15 is 0 Å². The number of hydrogen-bond acceptors (Lipinski definition) is 2. The van der Waals surface area contributed by atoms with Crippen molar-refractivity contribution in [3.63, 3.8) is 0 Å². The number of benzene rings is 1. The van der Waals surface area contributed by atoms with E-state index in [1.54, 1.807) is 6.92 Å². The molecule has 0 amide bonds. The summed E-state index contributed by atoms with van der Waals surface area (Å²) in [6, 6.07) is 4.26. The van der Waals surface area contributed by atoms with Crippen molar-refractivity contribution in [3.05, 3.63) is 34.4 Å². The fourth-order valence-electron chi connectivity index (χ4n) is 3.69. The second-order valence-corrected chi connectivity index (χ2v) is 6.61. The van der Waals surface area contributed by atoms with Crippen molar-refractivity contribution >= 4 is 11.5 Å². The third-order valence-corrected chi connectivity index (χ3v) is 5.00. The third-order valence-electron chi connectivity index (χ3n) is 5.00. The second-order valence-electron chi connectivity index (χ2n) is 6.61. The smallest absolute Gasteiger partial charge is 0.160 e. The lowest BCUT2D eigenvalue weighted by Gasteiger charge is -2.23. The summed E-state index contributed by atoms with van der Waals surface area (Å²) in [7, 11) is 1.89. The Balaban J connectivity index is 2.34. The molecule has 2 nitrogen and oxygen atoms in total. The quantitative estimate of drug-likeness (QED) is 0.546. The molecule has 1 aliphatic rings. The fourth-order valence-corrected chi connectivity index (χ4v) is 3.69. The molecular formula is C20H29NO. The van der Waals surface area contributed by atoms with Gasteiger partial charge in [0, 0.05) is 18.3 Å². The average molecular weight is 299 g/mol. The van der Waals surface area contributed by atoms with E-state index in [1.807, 2.05) is 14.0 Å². The van der Waals surface area contributed by atoms with Gasteiger partial charge in [-0.05, 0) is 55.4 Å². The Morgan fingerprint density at radius 2 is 1.86 bits per heavy atom. The number of aryl methyl sites for hydroxylation is 2. The maximum absolute atomic E-state index is 11.9. The third kappa shape index (κ3) is 3.85. The van der Waals surface area contributed by atoms with E-state index in [9.17, 15) is 4.79 Å². The summed E-state index contributed by atoms with van der Waals surface area (Å²) < 4.78 is 0. The van der Waals surface area contributed by atoms with Gasteiger partial charge in [-0.25, -0.2) is 0 Å². The monoisotopic (exact) mass is 299 g/mol. The topological polar surface area (TPSA) is 29.4 Å². The lowest BCUT2D eigenvalue weighted by molar-refractivity contribution is 0.101. The molecule has 0 radical (unpaired) electrons. The summed E-state index contributed by atoms with van der Waals surface area (Å²) in [6.45, 7) is 5.87. The molecule has 1 fully saturated rings. The summed E-state index contributed by atoms with van der Waals surface area (Å²) in [6.07, 6.45) is 8.79. The highest BCUT2D eigenvalue weighted by Gasteiger charge is 2.19. The van der Waals surface area contributed by atoms with Gasteiger partial charge in [0.25, 0.3) is 0 Å². The van der Waals surface area contributed by atoms with Crippen LogP contribution < -0.4 is 0 Å². The van der Waals surface area contributed by atoms with E-state index in [-0.39, 0.29) is 5.78 Å². The molecule has 0 N–H and O–H groups in total. The highest BCUT2D eigenvalue weighted by atomic mass is 16.1. The van der Waals surface area contributed by atoms with Crippen LogP contribution in [0.25, 0.3) is 0 Å². The SMILES string of the molecule is CCc1cc(C)c(C(C)=O)cc1C(CC1CCCCC1)=NC. The van der Waals surface area contributed by atoms with Crippen LogP contribution in [-0.4, -0.2) is 18.5 Å². The second kappa shape index (κ2) is 7.71. The number of aliphatic imine (C=N–C) groups is 1. The molecule has 22 heavy (non-hydrogen) atoms. The molecule has 2 rings (SSSR count). The zero-order chi connectivity index (χ0) is 16.1. The standard InChI is InChI=1S/C20H29NO/c1-5-17-11-14(2)18(15(3)22)13-19(17)20(21-4)12-16-9-7-6-8-10-16/h11,13,16H,5-10,12H2,1-4H3. The first-order valence-electron chi connectivity index (χ1n) is 8.67. The predicted molar refractivity (Wildman–Crippen MR) is 94.2 cm³/mol. The lowest BCUT2D eigenvalue weighted by Crippen LogP contribution is -2.15. The van der Waals surface area contributed by atoms with Gasteiger partial charge >= 0.3 is 0 Å². The molecule has 0 atom stereocenters. The Morgan fingerprint density at radius 1 is 1.18 bits per heavy atom. The van der Waals surface area contributed by atoms with Gasteiger partial charge in [-0.15, -0.1) is 0 Å². The van der Waals surface area contributed by atoms with Crippen LogP contribution in [0.1, 0.15) is 79.4 Å². The Labute approximate surface area is 135 Å². The summed E-state index contributed by atoms with van der Waals surface area (Å²) in [4.78, 5) is 16.5. The van der Waals surface area contributed by atoms with E-state index in [1.165, 1.54) is 48.9 Å². The van der Waals surface area contributed by atoms with Gasteiger partial charge in [0.15, 0.2) is 5.78 Å². The van der Waals surface area contributed by atoms with Crippen molar-refractivity contribution < 1.29 is 4.79 Å². The molecule has 1 saturated carbocycles. The number of ketones is 1. The first kappa shape index (κ1) is 16.9. The van der Waals surface area contributed by atoms with Gasteiger partial charge < -0.3 is 0 Å². The minimum Gasteiger partial charge on any atom is -0.295 e. The highest BCUT2D eigenvalue weighted by Crippen LogP contribution is 2.29. The van der Waals surface area contributed by atoms with E-state index in [2.05, 4.69) is 24.0 Å². The predicted octanol–water partition coefficient (Wildman–Crippen LogP) is 5.15. The number of Topliss-reactive ketones (excluding diaryl/α,β-unsaturated/α-hetero) is 1. The number of hydrogen-bond donors (Lipinski definition) is 0. The van der Waals surface area contributed by atoms with Gasteiger partial charge in [0.1, 0.15) is 0 Å². The summed E-state index contributed by atoms with van der Waals surface area (Å²) in [5.41, 5.74) is 5.63. The van der Waals surface area contributed by atoms with E-state index < -0.39 is 0 Å². The maximum atomic E-state index is 11.9. The molecule has 0 heterocycles. The molecule has 0 aromatic heterocycles. The molecular weight excluding hydrogens is 270 g/mol. The van der Waals surface area contributed by atoms with E-state index in [4.69, 9.17) is 0 Å². The minimum atomic E-state index is 0.148. The number of nitrogens with zero attached hydrogens (tertiary/aromatic N) is 1. The largest absolute Gasteiger partial charge is 0.295 e. The van der Waals surface area contributed by atoms with Gasteiger partial charge in [0.05, 0.1) is 0 Å².